The third-order valence-corrected chi connectivity index (χ3v) is 5.64. The smallest absolute Gasteiger partial charge is 0.272 e. The van der Waals surface area contributed by atoms with E-state index in [0.29, 0.717) is 18.8 Å². The molecule has 29 heavy (non-hydrogen) atoms. The molecule has 8 heteroatoms. The predicted molar refractivity (Wildman–Crippen MR) is 111 cm³/mol. The molecule has 0 saturated carbocycles. The van der Waals surface area contributed by atoms with Crippen LogP contribution in [-0.4, -0.2) is 72.3 Å². The molecule has 2 amide bonds. The maximum atomic E-state index is 12.5. The van der Waals surface area contributed by atoms with Gasteiger partial charge in [-0.25, -0.2) is 0 Å². The first kappa shape index (κ1) is 19.4. The molecule has 1 aromatic heterocycles. The molecule has 2 aliphatic rings. The lowest BCUT2D eigenvalue weighted by Crippen LogP contribution is -2.51. The lowest BCUT2D eigenvalue weighted by atomic mass is 10.1. The zero-order valence-corrected chi connectivity index (χ0v) is 16.6. The van der Waals surface area contributed by atoms with Gasteiger partial charge in [0.25, 0.3) is 5.91 Å². The number of nitrogens with zero attached hydrogens (tertiary/aromatic N) is 4. The van der Waals surface area contributed by atoms with Gasteiger partial charge in [0, 0.05) is 44.6 Å². The number of aromatic nitrogens is 2. The highest BCUT2D eigenvalue weighted by Crippen LogP contribution is 2.16. The van der Waals surface area contributed by atoms with E-state index in [9.17, 15) is 9.59 Å². The summed E-state index contributed by atoms with van der Waals surface area (Å²) in [6.07, 6.45) is 4.01. The SMILES string of the molecule is O=C(NCC(=O)N1CCN(c2ccccc2)CC1)c1ccn(C2CCCNC2)n1. The van der Waals surface area contributed by atoms with E-state index in [1.165, 1.54) is 5.69 Å². The van der Waals surface area contributed by atoms with Gasteiger partial charge in [0.2, 0.25) is 5.91 Å². The summed E-state index contributed by atoms with van der Waals surface area (Å²) in [6, 6.07) is 12.2. The van der Waals surface area contributed by atoms with Crippen LogP contribution in [0, 0.1) is 0 Å². The number of para-hydroxylation sites is 1. The molecule has 0 aliphatic carbocycles. The van der Waals surface area contributed by atoms with Crippen molar-refractivity contribution < 1.29 is 9.59 Å². The van der Waals surface area contributed by atoms with Crippen LogP contribution in [0.4, 0.5) is 5.69 Å². The Kier molecular flexibility index (Phi) is 6.09. The van der Waals surface area contributed by atoms with Crippen LogP contribution >= 0.6 is 0 Å². The lowest BCUT2D eigenvalue weighted by molar-refractivity contribution is -0.130. The van der Waals surface area contributed by atoms with E-state index in [1.807, 2.05) is 34.0 Å². The van der Waals surface area contributed by atoms with E-state index < -0.39 is 0 Å². The average molecular weight is 396 g/mol. The van der Waals surface area contributed by atoms with Gasteiger partial charge in [-0.05, 0) is 37.6 Å². The van der Waals surface area contributed by atoms with Gasteiger partial charge >= 0.3 is 0 Å². The molecule has 1 atom stereocenters. The lowest BCUT2D eigenvalue weighted by Gasteiger charge is -2.36. The van der Waals surface area contributed by atoms with Crippen LogP contribution in [0.1, 0.15) is 29.4 Å². The first-order chi connectivity index (χ1) is 14.2. The Hall–Kier alpha value is -2.87. The zero-order valence-electron chi connectivity index (χ0n) is 16.6. The molecule has 1 aromatic carbocycles. The summed E-state index contributed by atoms with van der Waals surface area (Å²) in [4.78, 5) is 29.0. The number of anilines is 1. The summed E-state index contributed by atoms with van der Waals surface area (Å²) in [6.45, 7) is 4.82. The van der Waals surface area contributed by atoms with Gasteiger partial charge in [0.15, 0.2) is 0 Å². The van der Waals surface area contributed by atoms with Gasteiger partial charge in [-0.15, -0.1) is 0 Å². The molecule has 2 fully saturated rings. The topological polar surface area (TPSA) is 82.5 Å². The quantitative estimate of drug-likeness (QED) is 0.784. The monoisotopic (exact) mass is 396 g/mol. The number of piperidine rings is 1. The van der Waals surface area contributed by atoms with E-state index in [2.05, 4.69) is 32.8 Å². The molecule has 1 unspecified atom stereocenters. The number of piperazine rings is 1. The third-order valence-electron chi connectivity index (χ3n) is 5.64. The van der Waals surface area contributed by atoms with Crippen molar-refractivity contribution in [2.75, 3.05) is 50.7 Å². The normalized spacial score (nSPS) is 19.8. The third kappa shape index (κ3) is 4.76. The van der Waals surface area contributed by atoms with Gasteiger partial charge in [-0.1, -0.05) is 18.2 Å². The Morgan fingerprint density at radius 3 is 2.62 bits per heavy atom. The van der Waals surface area contributed by atoms with Crippen LogP contribution in [-0.2, 0) is 4.79 Å². The van der Waals surface area contributed by atoms with E-state index in [4.69, 9.17) is 0 Å². The fraction of sp³-hybridized carbons (Fsp3) is 0.476. The largest absolute Gasteiger partial charge is 0.368 e. The van der Waals surface area contributed by atoms with Crippen molar-refractivity contribution in [1.29, 1.82) is 0 Å². The van der Waals surface area contributed by atoms with Crippen LogP contribution in [0.3, 0.4) is 0 Å². The number of rotatable bonds is 5. The Morgan fingerprint density at radius 2 is 1.90 bits per heavy atom. The Balaban J connectivity index is 1.23. The highest BCUT2D eigenvalue weighted by Gasteiger charge is 2.22. The van der Waals surface area contributed by atoms with Crippen LogP contribution in [0.15, 0.2) is 42.6 Å². The number of hydrogen-bond donors (Lipinski definition) is 2. The standard InChI is InChI=1S/C21H28N6O2/c28-20(26-13-11-25(12-14-26)17-5-2-1-3-6-17)16-23-21(29)19-8-10-27(24-19)18-7-4-9-22-15-18/h1-3,5-6,8,10,18,22H,4,7,9,11-16H2,(H,23,29). The van der Waals surface area contributed by atoms with Gasteiger partial charge in [0.05, 0.1) is 12.6 Å². The van der Waals surface area contributed by atoms with Crippen molar-refractivity contribution in [3.63, 3.8) is 0 Å². The number of nitrogens with one attached hydrogen (secondary N) is 2. The molecule has 2 aliphatic heterocycles. The van der Waals surface area contributed by atoms with E-state index in [0.717, 1.165) is 39.0 Å². The molecule has 2 aromatic rings. The Morgan fingerprint density at radius 1 is 1.10 bits per heavy atom. The molecule has 3 heterocycles. The second kappa shape index (κ2) is 9.09. The number of amides is 2. The molecule has 8 nitrogen and oxygen atoms in total. The first-order valence-electron chi connectivity index (χ1n) is 10.3. The second-order valence-electron chi connectivity index (χ2n) is 7.57. The second-order valence-corrected chi connectivity index (χ2v) is 7.57. The molecule has 2 N–H and O–H groups in total. The van der Waals surface area contributed by atoms with Crippen molar-refractivity contribution in [2.45, 2.75) is 18.9 Å². The summed E-state index contributed by atoms with van der Waals surface area (Å²) < 4.78 is 1.85. The number of carbonyl (C=O) groups excluding carboxylic acids is 2. The van der Waals surface area contributed by atoms with E-state index in [1.54, 1.807) is 6.07 Å². The molecule has 0 radical (unpaired) electrons. The average Bonchev–Trinajstić information content (AvgIpc) is 3.29. The Labute approximate surface area is 170 Å². The molecule has 0 spiro atoms. The van der Waals surface area contributed by atoms with Crippen LogP contribution in [0.2, 0.25) is 0 Å². The van der Waals surface area contributed by atoms with Crippen molar-refractivity contribution in [1.82, 2.24) is 25.3 Å². The molecular formula is C21H28N6O2. The fourth-order valence-corrected chi connectivity index (χ4v) is 3.93. The van der Waals surface area contributed by atoms with Crippen LogP contribution in [0.5, 0.6) is 0 Å². The fourth-order valence-electron chi connectivity index (χ4n) is 3.93. The summed E-state index contributed by atoms with van der Waals surface area (Å²) in [5.41, 5.74) is 1.54. The van der Waals surface area contributed by atoms with Gasteiger partial charge in [0.1, 0.15) is 5.69 Å². The summed E-state index contributed by atoms with van der Waals surface area (Å²) >= 11 is 0. The first-order valence-corrected chi connectivity index (χ1v) is 10.3. The molecule has 0 bridgehead atoms. The summed E-state index contributed by atoms with van der Waals surface area (Å²) in [7, 11) is 0. The van der Waals surface area contributed by atoms with Crippen molar-refractivity contribution >= 4 is 17.5 Å². The highest BCUT2D eigenvalue weighted by molar-refractivity contribution is 5.94. The molecule has 154 valence electrons. The molecule has 4 rings (SSSR count). The molecular weight excluding hydrogens is 368 g/mol. The minimum absolute atomic E-state index is 0.00200. The highest BCUT2D eigenvalue weighted by atomic mass is 16.2. The van der Waals surface area contributed by atoms with Gasteiger partial charge in [-0.3, -0.25) is 14.3 Å². The maximum Gasteiger partial charge on any atom is 0.272 e. The number of carbonyl (C=O) groups is 2. The van der Waals surface area contributed by atoms with Crippen molar-refractivity contribution in [3.05, 3.63) is 48.3 Å². The Bertz CT molecular complexity index is 823. The van der Waals surface area contributed by atoms with Gasteiger partial charge in [-0.2, -0.15) is 5.10 Å². The number of benzene rings is 1. The summed E-state index contributed by atoms with van der Waals surface area (Å²) in [5, 5.41) is 10.5. The van der Waals surface area contributed by atoms with Crippen LogP contribution < -0.4 is 15.5 Å². The summed E-state index contributed by atoms with van der Waals surface area (Å²) in [5.74, 6) is -0.356. The van der Waals surface area contributed by atoms with Crippen molar-refractivity contribution in [3.8, 4) is 0 Å². The van der Waals surface area contributed by atoms with Crippen molar-refractivity contribution in [2.24, 2.45) is 0 Å². The van der Waals surface area contributed by atoms with Gasteiger partial charge < -0.3 is 20.4 Å². The maximum absolute atomic E-state index is 12.5. The van der Waals surface area contributed by atoms with Crippen LogP contribution in [0.25, 0.3) is 0 Å². The minimum Gasteiger partial charge on any atom is -0.368 e. The minimum atomic E-state index is -0.302. The van der Waals surface area contributed by atoms with E-state index in [-0.39, 0.29) is 24.4 Å². The zero-order chi connectivity index (χ0) is 20.1. The molecule has 2 saturated heterocycles. The van der Waals surface area contributed by atoms with E-state index >= 15 is 0 Å². The number of hydrogen-bond acceptors (Lipinski definition) is 5. The predicted octanol–water partition coefficient (Wildman–Crippen LogP) is 0.886.